The number of nitrogens with zero attached hydrogens (tertiary/aromatic N) is 5. The molecule has 1 aromatic carbocycles. The van der Waals surface area contributed by atoms with Crippen LogP contribution in [-0.4, -0.2) is 88.0 Å². The molecule has 4 atom stereocenters. The number of halogens is 3. The van der Waals surface area contributed by atoms with Crippen LogP contribution in [0.5, 0.6) is 6.01 Å². The van der Waals surface area contributed by atoms with Crippen molar-refractivity contribution in [3.63, 3.8) is 0 Å². The first-order valence-electron chi connectivity index (χ1n) is 13.5. The molecule has 0 radical (unpaired) electrons. The van der Waals surface area contributed by atoms with Gasteiger partial charge in [0.2, 0.25) is 0 Å². The molecule has 4 fully saturated rings. The molecular formula is C27H34BrF2N5O3. The number of carbonyl (C=O) groups is 1. The maximum atomic E-state index is 15.3. The van der Waals surface area contributed by atoms with E-state index in [4.69, 9.17) is 14.5 Å². The normalized spacial score (nSPS) is 29.3. The number of alkyl halides is 1. The number of piperazine rings is 1. The summed E-state index contributed by atoms with van der Waals surface area (Å²) in [6, 6.07) is 3.62. The lowest BCUT2D eigenvalue weighted by molar-refractivity contribution is 0.0209. The van der Waals surface area contributed by atoms with Crippen molar-refractivity contribution in [3.05, 3.63) is 22.4 Å². The van der Waals surface area contributed by atoms with Crippen molar-refractivity contribution in [2.75, 3.05) is 37.7 Å². The van der Waals surface area contributed by atoms with Gasteiger partial charge in [0, 0.05) is 43.5 Å². The van der Waals surface area contributed by atoms with Crippen molar-refractivity contribution in [3.8, 4) is 6.01 Å². The quantitative estimate of drug-likeness (QED) is 0.490. The fraction of sp³-hybridized carbons (Fsp3) is 0.667. The Morgan fingerprint density at radius 1 is 1.18 bits per heavy atom. The molecule has 38 heavy (non-hydrogen) atoms. The molecule has 206 valence electrons. The summed E-state index contributed by atoms with van der Waals surface area (Å²) in [6.45, 7) is 8.15. The molecule has 4 aliphatic rings. The Bertz CT molecular complexity index is 1250. The minimum absolute atomic E-state index is 0.0185. The first-order valence-corrected chi connectivity index (χ1v) is 14.3. The third-order valence-corrected chi connectivity index (χ3v) is 8.94. The molecule has 4 aliphatic heterocycles. The number of hydrogen-bond acceptors (Lipinski definition) is 7. The van der Waals surface area contributed by atoms with E-state index in [9.17, 15) is 9.18 Å². The fourth-order valence-corrected chi connectivity index (χ4v) is 7.05. The highest BCUT2D eigenvalue weighted by Crippen LogP contribution is 2.42. The van der Waals surface area contributed by atoms with E-state index < -0.39 is 17.6 Å². The molecule has 11 heteroatoms. The van der Waals surface area contributed by atoms with Gasteiger partial charge in [-0.05, 0) is 81.1 Å². The lowest BCUT2D eigenvalue weighted by atomic mass is 9.95. The predicted octanol–water partition coefficient (Wildman–Crippen LogP) is 5.07. The first kappa shape index (κ1) is 26.0. The van der Waals surface area contributed by atoms with Gasteiger partial charge in [0.15, 0.2) is 5.82 Å². The molecule has 5 heterocycles. The van der Waals surface area contributed by atoms with Crippen LogP contribution in [0.25, 0.3) is 10.9 Å². The Morgan fingerprint density at radius 3 is 2.63 bits per heavy atom. The van der Waals surface area contributed by atoms with E-state index in [-0.39, 0.29) is 41.8 Å². The number of fused-ring (bicyclic) bond motifs is 4. The maximum absolute atomic E-state index is 15.3. The third kappa shape index (κ3) is 4.59. The second-order valence-corrected chi connectivity index (χ2v) is 13.0. The number of benzene rings is 1. The molecule has 2 bridgehead atoms. The SMILES string of the molecule is CC(C)(C)OC(=O)N1CC2CCC(C1)N2c1nc(OCC23CCCN2C[C@H](F)C3)nc2c(F)c(Br)ccc12. The van der Waals surface area contributed by atoms with Gasteiger partial charge in [-0.15, -0.1) is 0 Å². The molecule has 1 amide bonds. The average Bonchev–Trinajstić information content (AvgIpc) is 3.45. The summed E-state index contributed by atoms with van der Waals surface area (Å²) in [5.41, 5.74) is -0.738. The molecule has 0 spiro atoms. The highest BCUT2D eigenvalue weighted by molar-refractivity contribution is 9.10. The Hall–Kier alpha value is -2.27. The van der Waals surface area contributed by atoms with E-state index in [0.717, 1.165) is 32.2 Å². The zero-order valence-electron chi connectivity index (χ0n) is 22.1. The van der Waals surface area contributed by atoms with Gasteiger partial charge in [-0.25, -0.2) is 13.6 Å². The molecule has 3 unspecified atom stereocenters. The topological polar surface area (TPSA) is 71.0 Å². The third-order valence-electron chi connectivity index (χ3n) is 8.33. The lowest BCUT2D eigenvalue weighted by Gasteiger charge is -2.42. The number of amides is 1. The summed E-state index contributed by atoms with van der Waals surface area (Å²) in [7, 11) is 0. The second kappa shape index (κ2) is 9.43. The lowest BCUT2D eigenvalue weighted by Crippen LogP contribution is -2.56. The number of hydrogen-bond donors (Lipinski definition) is 0. The van der Waals surface area contributed by atoms with Crippen molar-refractivity contribution in [1.82, 2.24) is 19.8 Å². The summed E-state index contributed by atoms with van der Waals surface area (Å²) in [5.74, 6) is 0.143. The van der Waals surface area contributed by atoms with Gasteiger partial charge >= 0.3 is 12.1 Å². The molecular weight excluding hydrogens is 560 g/mol. The standard InChI is InChI=1S/C27H34BrF2N5O3/c1-26(2,3)38-25(36)33-13-17-5-6-18(14-33)35(17)23-19-7-8-20(28)21(30)22(19)31-24(32-23)37-15-27-9-4-10-34(27)12-16(29)11-27/h7-8,16-18H,4-6,9-15H2,1-3H3/t16-,17?,18?,27?/m1/s1. The van der Waals surface area contributed by atoms with Crippen LogP contribution >= 0.6 is 15.9 Å². The highest BCUT2D eigenvalue weighted by atomic mass is 79.9. The Labute approximate surface area is 229 Å². The van der Waals surface area contributed by atoms with Gasteiger partial charge in [-0.1, -0.05) is 0 Å². The van der Waals surface area contributed by atoms with Crippen LogP contribution in [0.15, 0.2) is 16.6 Å². The van der Waals surface area contributed by atoms with Crippen molar-refractivity contribution in [2.24, 2.45) is 0 Å². The molecule has 0 saturated carbocycles. The van der Waals surface area contributed by atoms with E-state index >= 15 is 4.39 Å². The zero-order valence-corrected chi connectivity index (χ0v) is 23.6. The summed E-state index contributed by atoms with van der Waals surface area (Å²) in [4.78, 5) is 28.2. The first-order chi connectivity index (χ1) is 18.0. The predicted molar refractivity (Wildman–Crippen MR) is 143 cm³/mol. The number of aromatic nitrogens is 2. The molecule has 1 aromatic heterocycles. The fourth-order valence-electron chi connectivity index (χ4n) is 6.73. The van der Waals surface area contributed by atoms with Crippen LogP contribution in [0, 0.1) is 5.82 Å². The van der Waals surface area contributed by atoms with E-state index in [1.165, 1.54) is 0 Å². The van der Waals surface area contributed by atoms with E-state index in [0.29, 0.717) is 41.7 Å². The van der Waals surface area contributed by atoms with Crippen LogP contribution in [0.3, 0.4) is 0 Å². The van der Waals surface area contributed by atoms with Crippen LogP contribution in [0.1, 0.15) is 52.9 Å². The summed E-state index contributed by atoms with van der Waals surface area (Å²) in [6.07, 6.45) is 2.91. The average molecular weight is 595 g/mol. The van der Waals surface area contributed by atoms with Crippen molar-refractivity contribution < 1.29 is 23.0 Å². The zero-order chi connectivity index (χ0) is 26.8. The minimum Gasteiger partial charge on any atom is -0.461 e. The Kier molecular flexibility index (Phi) is 6.45. The van der Waals surface area contributed by atoms with Gasteiger partial charge in [0.05, 0.1) is 10.0 Å². The number of rotatable bonds is 4. The van der Waals surface area contributed by atoms with E-state index in [1.807, 2.05) is 26.8 Å². The van der Waals surface area contributed by atoms with E-state index in [2.05, 4.69) is 30.7 Å². The smallest absolute Gasteiger partial charge is 0.410 e. The summed E-state index contributed by atoms with van der Waals surface area (Å²) >= 11 is 3.28. The Morgan fingerprint density at radius 2 is 1.92 bits per heavy atom. The monoisotopic (exact) mass is 593 g/mol. The van der Waals surface area contributed by atoms with Gasteiger partial charge < -0.3 is 19.3 Å². The van der Waals surface area contributed by atoms with Crippen molar-refractivity contribution in [2.45, 2.75) is 82.3 Å². The molecule has 4 saturated heterocycles. The van der Waals surface area contributed by atoms with Gasteiger partial charge in [0.1, 0.15) is 29.7 Å². The summed E-state index contributed by atoms with van der Waals surface area (Å²) < 4.78 is 41.7. The molecule has 6 rings (SSSR count). The maximum Gasteiger partial charge on any atom is 0.410 e. The molecule has 8 nitrogen and oxygen atoms in total. The number of carbonyl (C=O) groups excluding carboxylic acids is 1. The highest BCUT2D eigenvalue weighted by Gasteiger charge is 2.49. The second-order valence-electron chi connectivity index (χ2n) is 12.1. The van der Waals surface area contributed by atoms with Gasteiger partial charge in [-0.3, -0.25) is 4.90 Å². The van der Waals surface area contributed by atoms with Crippen LogP contribution in [0.2, 0.25) is 0 Å². The Balaban J connectivity index is 1.31. The molecule has 0 aliphatic carbocycles. The minimum atomic E-state index is -0.864. The van der Waals surface area contributed by atoms with E-state index in [1.54, 1.807) is 11.0 Å². The van der Waals surface area contributed by atoms with Crippen LogP contribution in [0.4, 0.5) is 19.4 Å². The molecule has 0 N–H and O–H groups in total. The summed E-state index contributed by atoms with van der Waals surface area (Å²) in [5, 5.41) is 0.603. The number of anilines is 1. The van der Waals surface area contributed by atoms with Crippen LogP contribution in [-0.2, 0) is 4.74 Å². The van der Waals surface area contributed by atoms with Crippen molar-refractivity contribution >= 4 is 38.7 Å². The number of likely N-dealkylation sites (tertiary alicyclic amines) is 1. The van der Waals surface area contributed by atoms with Gasteiger partial charge in [-0.2, -0.15) is 9.97 Å². The van der Waals surface area contributed by atoms with Crippen LogP contribution < -0.4 is 9.64 Å². The van der Waals surface area contributed by atoms with Gasteiger partial charge in [0.25, 0.3) is 0 Å². The molecule has 2 aromatic rings. The van der Waals surface area contributed by atoms with Crippen molar-refractivity contribution in [1.29, 1.82) is 0 Å². The number of ether oxygens (including phenoxy) is 2. The largest absolute Gasteiger partial charge is 0.461 e.